The first kappa shape index (κ1) is 78.5. The minimum absolute atomic E-state index is 0.877. The largest absolute Gasteiger partial charge is 0.102 e. The first-order valence-electron chi connectivity index (χ1n) is 34.0. The van der Waals surface area contributed by atoms with Crippen molar-refractivity contribution in [2.24, 2.45) is 0 Å². The summed E-state index contributed by atoms with van der Waals surface area (Å²) in [6, 6.07) is 160. The van der Waals surface area contributed by atoms with Gasteiger partial charge >= 0.3 is 194 Å². The Morgan fingerprint density at radius 1 is 0.183 bits per heavy atom. The van der Waals surface area contributed by atoms with Crippen molar-refractivity contribution in [2.75, 3.05) is 0 Å². The van der Waals surface area contributed by atoms with Gasteiger partial charge in [0.25, 0.3) is 0 Å². The molecule has 0 aliphatic carbocycles. The molecule has 0 radical (unpaired) electrons. The van der Waals surface area contributed by atoms with Crippen LogP contribution in [0.4, 0.5) is 0 Å². The van der Waals surface area contributed by atoms with Crippen LogP contribution < -0.4 is 63.7 Å². The minimum Gasteiger partial charge on any atom is -0.0620 e. The molecule has 15 aromatic carbocycles. The van der Waals surface area contributed by atoms with E-state index in [2.05, 4.69) is 388 Å². The van der Waals surface area contributed by atoms with Crippen molar-refractivity contribution in [1.82, 2.24) is 0 Å². The Bertz CT molecular complexity index is 3990. The van der Waals surface area contributed by atoms with E-state index in [1.54, 1.807) is 0 Å². The van der Waals surface area contributed by atoms with Crippen LogP contribution in [-0.4, -0.2) is 9.22 Å². The third-order valence-corrected chi connectivity index (χ3v) is 30.8. The number of allylic oxidation sites excluding steroid dienone is 1. The Morgan fingerprint density at radius 2 is 0.327 bits per heavy atom. The summed E-state index contributed by atoms with van der Waals surface area (Å²) in [5, 5.41) is 17.2. The molecule has 0 bridgehead atoms. The smallest absolute Gasteiger partial charge is 0.0620 e. The van der Waals surface area contributed by atoms with Gasteiger partial charge in [0, 0.05) is 0 Å². The molecule has 0 saturated carbocycles. The first-order valence-corrected chi connectivity index (χ1v) is 51.0. The van der Waals surface area contributed by atoms with Crippen LogP contribution in [-0.2, 0) is 27.0 Å². The zero-order chi connectivity index (χ0) is 71.9. The van der Waals surface area contributed by atoms with Crippen LogP contribution in [0.1, 0.15) is 16.7 Å². The van der Waals surface area contributed by atoms with Crippen LogP contribution in [0.5, 0.6) is 0 Å². The fourth-order valence-corrected chi connectivity index (χ4v) is 24.7. The summed E-state index contributed by atoms with van der Waals surface area (Å²) in [4.78, 5) is 0. The summed E-state index contributed by atoms with van der Waals surface area (Å²) in [7, 11) is 19.6. The number of hydrogen-bond acceptors (Lipinski definition) is 0. The molecule has 518 valence electrons. The summed E-state index contributed by atoms with van der Waals surface area (Å²) in [6.45, 7) is 0. The molecule has 15 rings (SSSR count). The van der Waals surface area contributed by atoms with E-state index in [0.29, 0.717) is 0 Å². The van der Waals surface area contributed by atoms with Crippen molar-refractivity contribution in [3.8, 4) is 0 Å². The monoisotopic (exact) mass is 1680 g/mol. The molecule has 0 unspecified atom stereocenters. The second kappa shape index (κ2) is 45.3. The molecule has 104 heavy (non-hydrogen) atoms. The summed E-state index contributed by atoms with van der Waals surface area (Å²) in [5.74, 6) is 0. The van der Waals surface area contributed by atoms with Gasteiger partial charge in [-0.3, -0.25) is 0 Å². The maximum atomic E-state index is 5.91. The van der Waals surface area contributed by atoms with E-state index in [4.69, 9.17) is 38.8 Å². The summed E-state index contributed by atoms with van der Waals surface area (Å²) >= 11 is -3.39. The molecule has 0 nitrogen and oxygen atoms in total. The Kier molecular flexibility index (Phi) is 34.2. The van der Waals surface area contributed by atoms with Crippen molar-refractivity contribution >= 4 is 149 Å². The van der Waals surface area contributed by atoms with Gasteiger partial charge in [-0.15, -0.1) is 0 Å². The van der Waals surface area contributed by atoms with Gasteiger partial charge in [-0.05, 0) is 146 Å². The third kappa shape index (κ3) is 25.9. The van der Waals surface area contributed by atoms with Crippen LogP contribution in [0.2, 0.25) is 0 Å². The van der Waals surface area contributed by atoms with Gasteiger partial charge < -0.3 is 0 Å². The van der Waals surface area contributed by atoms with Crippen LogP contribution in [0.3, 0.4) is 0 Å². The Balaban J connectivity index is 0.000000135. The van der Waals surface area contributed by atoms with Crippen molar-refractivity contribution in [2.45, 2.75) is 0 Å². The first-order chi connectivity index (χ1) is 51.4. The van der Waals surface area contributed by atoms with E-state index >= 15 is 0 Å². The zero-order valence-electron chi connectivity index (χ0n) is 57.3. The predicted octanol–water partition coefficient (Wildman–Crippen LogP) is 20.3. The van der Waals surface area contributed by atoms with E-state index in [9.17, 15) is 0 Å². The average Bonchev–Trinajstić information content (AvgIpc) is 0.827. The molecule has 0 aliphatic rings. The number of rotatable bonds is 16. The van der Waals surface area contributed by atoms with Gasteiger partial charge in [-0.1, -0.05) is 218 Å². The average molecular weight is 1680 g/mol. The van der Waals surface area contributed by atoms with Gasteiger partial charge in [-0.2, -0.15) is 0 Å². The van der Waals surface area contributed by atoms with Gasteiger partial charge in [0.2, 0.25) is 0 Å². The minimum atomic E-state index is -1.77. The van der Waals surface area contributed by atoms with E-state index in [1.807, 2.05) is 82.0 Å². The van der Waals surface area contributed by atoms with Gasteiger partial charge in [0.15, 0.2) is 0 Å². The Hall–Kier alpha value is -8.09. The fraction of sp³-hybridized carbons (Fsp3) is 0. The molecule has 0 aliphatic heterocycles. The summed E-state index contributed by atoms with van der Waals surface area (Å²) in [5.41, 5.74) is 4.61. The second-order valence-corrected chi connectivity index (χ2v) is 44.7. The summed E-state index contributed by atoms with van der Waals surface area (Å²) < 4.78 is 3.84. The van der Waals surface area contributed by atoms with Gasteiger partial charge in [0.1, 0.15) is 63.7 Å². The number of benzene rings is 15. The van der Waals surface area contributed by atoms with Crippen LogP contribution in [0.15, 0.2) is 461 Å². The van der Waals surface area contributed by atoms with Crippen LogP contribution >= 0.6 is 70.5 Å². The van der Waals surface area contributed by atoms with Crippen molar-refractivity contribution < 1.29 is 27.0 Å². The standard InChI is InChI=1S/4C18H15P.C15H12.C7H6.4ClH.2Ru/c4*1-4-10-16(11-5-1)19(17-12-6-2-7-13-17)18-14-8-3-9-15-18;1-2-15(13-9-5-3-6-10-13)14-11-7-4-8-12-14;1-7-5-3-2-4-6-7;;;;;;/h4*1-15H;1-12H;1-6H;4*1H;;/q;;;;;;;;;;2*+2. The van der Waals surface area contributed by atoms with Gasteiger partial charge in [0.05, 0.1) is 31.7 Å². The molecule has 15 aromatic rings. The molecular weight excluding hydrogens is 1600 g/mol. The Morgan fingerprint density at radius 3 is 0.471 bits per heavy atom. The number of hydrogen-bond donors (Lipinski definition) is 0. The quantitative estimate of drug-likeness (QED) is 0.0668. The van der Waals surface area contributed by atoms with E-state index in [0.717, 1.165) is 11.1 Å². The third-order valence-electron chi connectivity index (χ3n) is 16.2. The molecule has 0 N–H and O–H groups in total. The fourth-order valence-electron chi connectivity index (χ4n) is 11.6. The molecule has 10 heteroatoms. The number of halogens is 4. The molecular formula is C94H82Cl4P4Ru2+4. The van der Waals surface area contributed by atoms with Crippen LogP contribution in [0, 0.1) is 0 Å². The molecule has 0 saturated heterocycles. The molecule has 0 amide bonds. The molecule has 0 heterocycles. The maximum absolute atomic E-state index is 5.91. The summed E-state index contributed by atoms with van der Waals surface area (Å²) in [6.07, 6.45) is 2.03. The SMILES string of the molecule is [Cl][Ru]([Cl])=[CH]C=C(c1ccccc1)c1ccccc1.[Cl][Ru]([Cl])=[CH]c1ccccc1.c1ccc([PH+](c2ccccc2)c2ccccc2)cc1.c1ccc([PH+](c2ccccc2)c2ccccc2)cc1.c1ccc([PH+](c2ccccc2)c2ccccc2)cc1.c1ccc([PH+](c2ccccc2)c2ccccc2)cc1. The van der Waals surface area contributed by atoms with Crippen molar-refractivity contribution in [1.29, 1.82) is 0 Å². The topological polar surface area (TPSA) is 0 Å². The molecule has 0 aromatic heterocycles. The Labute approximate surface area is 647 Å². The van der Waals surface area contributed by atoms with E-state index in [1.165, 1.54) is 74.8 Å². The zero-order valence-corrected chi connectivity index (χ0v) is 67.8. The molecule has 0 atom stereocenters. The van der Waals surface area contributed by atoms with Gasteiger partial charge in [-0.25, -0.2) is 0 Å². The van der Waals surface area contributed by atoms with E-state index in [-0.39, 0.29) is 0 Å². The van der Waals surface area contributed by atoms with Crippen LogP contribution in [0.25, 0.3) is 5.57 Å². The maximum Gasteiger partial charge on any atom is 0.102 e. The second-order valence-electron chi connectivity index (χ2n) is 23.2. The van der Waals surface area contributed by atoms with Crippen molar-refractivity contribution in [3.63, 3.8) is 0 Å². The molecule has 0 fully saturated rings. The normalized spacial score (nSPS) is 10.6. The van der Waals surface area contributed by atoms with E-state index < -0.39 is 58.7 Å². The molecule has 0 spiro atoms. The predicted molar refractivity (Wildman–Crippen MR) is 467 cm³/mol. The van der Waals surface area contributed by atoms with Crippen molar-refractivity contribution in [3.05, 3.63) is 478 Å².